The molecule has 2 aliphatic rings. The van der Waals surface area contributed by atoms with Gasteiger partial charge in [-0.15, -0.1) is 0 Å². The number of nitrogens with one attached hydrogen (secondary N) is 3. The number of alkyl carbamates (subject to hydrolysis) is 1. The monoisotopic (exact) mass is 739 g/mol. The third-order valence-electron chi connectivity index (χ3n) is 9.91. The molecule has 0 bridgehead atoms. The van der Waals surface area contributed by atoms with Gasteiger partial charge in [-0.2, -0.15) is 0 Å². The zero-order valence-corrected chi connectivity index (χ0v) is 30.8. The topological polar surface area (TPSA) is 152 Å². The number of benzene rings is 3. The number of allylic oxidation sites excluding steroid dienone is 1. The van der Waals surface area contributed by atoms with Gasteiger partial charge in [0.15, 0.2) is 0 Å². The van der Waals surface area contributed by atoms with Gasteiger partial charge in [0, 0.05) is 6.42 Å². The molecule has 0 unspecified atom stereocenters. The Labute approximate surface area is 317 Å². The number of carbonyl (C=O) groups excluding carboxylic acids is 4. The number of ether oxygens (including phenoxy) is 3. The van der Waals surface area contributed by atoms with Crippen LogP contribution in [-0.4, -0.2) is 60.3 Å². The van der Waals surface area contributed by atoms with Crippen LogP contribution in [0.3, 0.4) is 0 Å². The lowest BCUT2D eigenvalue weighted by molar-refractivity contribution is -0.147. The Morgan fingerprint density at radius 2 is 1.50 bits per heavy atom. The molecule has 0 saturated heterocycles. The average Bonchev–Trinajstić information content (AvgIpc) is 3.19. The molecule has 1 aliphatic heterocycles. The van der Waals surface area contributed by atoms with Crippen LogP contribution < -0.4 is 20.7 Å². The third kappa shape index (κ3) is 13.7. The molecule has 288 valence electrons. The molecule has 1 aliphatic carbocycles. The maximum atomic E-state index is 13.7. The molecule has 0 spiro atoms. The van der Waals surface area contributed by atoms with Crippen molar-refractivity contribution < 1.29 is 38.5 Å². The van der Waals surface area contributed by atoms with E-state index >= 15 is 0 Å². The van der Waals surface area contributed by atoms with Crippen molar-refractivity contribution in [2.75, 3.05) is 13.2 Å². The number of carbonyl (C=O) groups is 4. The van der Waals surface area contributed by atoms with Gasteiger partial charge >= 0.3 is 12.1 Å². The molecule has 11 nitrogen and oxygen atoms in total. The summed E-state index contributed by atoms with van der Waals surface area (Å²) in [5.41, 5.74) is 2.80. The van der Waals surface area contributed by atoms with E-state index in [0.717, 1.165) is 48.1 Å². The van der Waals surface area contributed by atoms with Crippen molar-refractivity contribution in [2.24, 2.45) is 11.8 Å². The zero-order valence-electron chi connectivity index (χ0n) is 30.8. The highest BCUT2D eigenvalue weighted by Gasteiger charge is 2.29. The van der Waals surface area contributed by atoms with Crippen LogP contribution in [0.15, 0.2) is 97.1 Å². The first-order valence-electron chi connectivity index (χ1n) is 19.1. The second-order valence-corrected chi connectivity index (χ2v) is 14.2. The van der Waals surface area contributed by atoms with Crippen LogP contribution in [0, 0.1) is 11.8 Å². The van der Waals surface area contributed by atoms with Gasteiger partial charge in [-0.3, -0.25) is 9.59 Å². The van der Waals surface area contributed by atoms with Crippen LogP contribution in [0.1, 0.15) is 74.5 Å². The molecule has 1 heterocycles. The van der Waals surface area contributed by atoms with E-state index in [0.29, 0.717) is 25.4 Å². The second-order valence-electron chi connectivity index (χ2n) is 14.2. The number of cyclic esters (lactones) is 1. The van der Waals surface area contributed by atoms with Crippen LogP contribution in [0.4, 0.5) is 4.79 Å². The van der Waals surface area contributed by atoms with Crippen molar-refractivity contribution in [3.05, 3.63) is 114 Å². The molecule has 0 radical (unpaired) electrons. The van der Waals surface area contributed by atoms with Crippen molar-refractivity contribution >= 4 is 23.9 Å². The molecule has 11 heteroatoms. The van der Waals surface area contributed by atoms with Gasteiger partial charge in [-0.05, 0) is 60.4 Å². The first-order valence-corrected chi connectivity index (χ1v) is 19.1. The van der Waals surface area contributed by atoms with Crippen LogP contribution >= 0.6 is 0 Å². The van der Waals surface area contributed by atoms with E-state index in [1.54, 1.807) is 12.2 Å². The van der Waals surface area contributed by atoms with Crippen LogP contribution in [0.2, 0.25) is 0 Å². The van der Waals surface area contributed by atoms with Crippen molar-refractivity contribution in [1.29, 1.82) is 0 Å². The number of aliphatic hydroxyl groups excluding tert-OH is 1. The van der Waals surface area contributed by atoms with Crippen molar-refractivity contribution in [1.82, 2.24) is 16.0 Å². The molecule has 4 N–H and O–H groups in total. The molecular weight excluding hydrogens is 686 g/mol. The summed E-state index contributed by atoms with van der Waals surface area (Å²) in [5.74, 6) is -0.858. The lowest BCUT2D eigenvalue weighted by atomic mass is 9.84. The predicted molar refractivity (Wildman–Crippen MR) is 204 cm³/mol. The lowest BCUT2D eigenvalue weighted by Gasteiger charge is -2.29. The molecule has 1 saturated carbocycles. The molecule has 3 aromatic carbocycles. The van der Waals surface area contributed by atoms with Gasteiger partial charge in [0.2, 0.25) is 11.8 Å². The molecule has 0 aromatic heterocycles. The average molecular weight is 740 g/mol. The normalized spacial score (nSPS) is 20.3. The number of amides is 3. The Morgan fingerprint density at radius 1 is 0.833 bits per heavy atom. The Kier molecular flexibility index (Phi) is 16.0. The van der Waals surface area contributed by atoms with E-state index in [1.165, 1.54) is 6.42 Å². The van der Waals surface area contributed by atoms with E-state index in [9.17, 15) is 24.3 Å². The van der Waals surface area contributed by atoms with E-state index in [2.05, 4.69) is 16.0 Å². The number of aliphatic hydroxyl groups is 1. The van der Waals surface area contributed by atoms with Crippen LogP contribution in [-0.2, 0) is 43.5 Å². The van der Waals surface area contributed by atoms with Gasteiger partial charge in [-0.1, -0.05) is 117 Å². The van der Waals surface area contributed by atoms with Crippen molar-refractivity contribution in [2.45, 2.75) is 95.5 Å². The highest BCUT2D eigenvalue weighted by atomic mass is 16.6. The van der Waals surface area contributed by atoms with E-state index in [1.807, 2.05) is 84.9 Å². The Hall–Kier alpha value is -5.16. The Balaban J connectivity index is 1.19. The largest absolute Gasteiger partial charge is 0.489 e. The third-order valence-corrected chi connectivity index (χ3v) is 9.91. The molecule has 3 aromatic rings. The molecule has 54 heavy (non-hydrogen) atoms. The summed E-state index contributed by atoms with van der Waals surface area (Å²) in [6.07, 6.45) is 9.52. The highest BCUT2D eigenvalue weighted by Crippen LogP contribution is 2.28. The Morgan fingerprint density at radius 3 is 2.19 bits per heavy atom. The van der Waals surface area contributed by atoms with Crippen molar-refractivity contribution in [3.63, 3.8) is 0 Å². The van der Waals surface area contributed by atoms with Gasteiger partial charge in [-0.25, -0.2) is 9.59 Å². The number of hydrogen-bond acceptors (Lipinski definition) is 8. The van der Waals surface area contributed by atoms with Gasteiger partial charge < -0.3 is 35.3 Å². The highest BCUT2D eigenvalue weighted by molar-refractivity contribution is 5.86. The quantitative estimate of drug-likeness (QED) is 0.117. The van der Waals surface area contributed by atoms with Crippen molar-refractivity contribution in [3.8, 4) is 5.75 Å². The fourth-order valence-corrected chi connectivity index (χ4v) is 6.91. The lowest BCUT2D eigenvalue weighted by Crippen LogP contribution is -2.47. The first kappa shape index (κ1) is 40.0. The fourth-order valence-electron chi connectivity index (χ4n) is 6.91. The fraction of sp³-hybridized carbons (Fsp3) is 0.442. The first-order chi connectivity index (χ1) is 26.3. The minimum Gasteiger partial charge on any atom is -0.489 e. The molecule has 4 atom stereocenters. The zero-order chi connectivity index (χ0) is 38.0. The van der Waals surface area contributed by atoms with Gasteiger partial charge in [0.05, 0.1) is 24.6 Å². The summed E-state index contributed by atoms with van der Waals surface area (Å²) >= 11 is 0. The molecule has 1 fully saturated rings. The summed E-state index contributed by atoms with van der Waals surface area (Å²) < 4.78 is 16.9. The maximum Gasteiger partial charge on any atom is 0.408 e. The smallest absolute Gasteiger partial charge is 0.408 e. The van der Waals surface area contributed by atoms with Gasteiger partial charge in [0.1, 0.15) is 31.6 Å². The summed E-state index contributed by atoms with van der Waals surface area (Å²) in [6.45, 7) is 0.180. The summed E-state index contributed by atoms with van der Waals surface area (Å²) in [5, 5.41) is 18.8. The standard InChI is InChI=1S/C43H53N3O8/c47-27-36(24-32-20-22-38(23-21-32)52-28-33-14-6-2-7-15-33)44-40(48)26-35-18-10-11-19-39(46-43(51)54-29-34-16-8-3-9-17-34)42(50)53-30-37(45-41(35)49)25-31-12-4-1-5-13-31/h2-3,6-11,14-17,20-23,31,35-37,39,47H,1,4-5,12-13,18-19,24-30H2,(H,44,48)(H,45,49)(H,46,51)/t35-,36+,37+,39-/m1/s1. The van der Waals surface area contributed by atoms with Gasteiger partial charge in [0.25, 0.3) is 0 Å². The number of hydrogen-bond donors (Lipinski definition) is 4. The summed E-state index contributed by atoms with van der Waals surface area (Å²) in [6, 6.07) is 24.7. The minimum atomic E-state index is -0.994. The number of rotatable bonds is 14. The maximum absolute atomic E-state index is 13.7. The number of esters is 1. The van der Waals surface area contributed by atoms with Crippen LogP contribution in [0.25, 0.3) is 0 Å². The summed E-state index contributed by atoms with van der Waals surface area (Å²) in [4.78, 5) is 53.0. The predicted octanol–water partition coefficient (Wildman–Crippen LogP) is 5.93. The molecule has 3 amide bonds. The second kappa shape index (κ2) is 21.5. The SMILES string of the molecule is O=C(C[C@H]1CC=CC[C@@H](NC(=O)OCc2ccccc2)C(=O)OC[C@H](CC2CCCCC2)NC1=O)N[C@H](CO)Cc1ccc(OCc2ccccc2)cc1. The molecule has 5 rings (SSSR count). The van der Waals surface area contributed by atoms with E-state index < -0.39 is 36.1 Å². The van der Waals surface area contributed by atoms with E-state index in [4.69, 9.17) is 14.2 Å². The minimum absolute atomic E-state index is 0.0520. The molecular formula is C43H53N3O8. The summed E-state index contributed by atoms with van der Waals surface area (Å²) in [7, 11) is 0. The van der Waals surface area contributed by atoms with E-state index in [-0.39, 0.29) is 50.9 Å². The van der Waals surface area contributed by atoms with Crippen LogP contribution in [0.5, 0.6) is 5.75 Å². The Bertz CT molecular complexity index is 1640.